The number of nitrogens with two attached hydrogens (primary N) is 1. The van der Waals surface area contributed by atoms with Crippen LogP contribution in [0.15, 0.2) is 0 Å². The van der Waals surface area contributed by atoms with Crippen molar-refractivity contribution in [3.05, 3.63) is 11.3 Å². The molecule has 0 atom stereocenters. The Balaban J connectivity index is 2.09. The summed E-state index contributed by atoms with van der Waals surface area (Å²) in [6, 6.07) is 0.519. The third-order valence-corrected chi connectivity index (χ3v) is 4.44. The molecule has 0 radical (unpaired) electrons. The van der Waals surface area contributed by atoms with Gasteiger partial charge < -0.3 is 11.1 Å². The highest BCUT2D eigenvalue weighted by Gasteiger charge is 2.23. The van der Waals surface area contributed by atoms with Gasteiger partial charge in [0.1, 0.15) is 10.8 Å². The Morgan fingerprint density at radius 1 is 1.42 bits per heavy atom. The molecule has 0 bridgehead atoms. The zero-order chi connectivity index (χ0) is 14.0. The molecule has 1 aromatic rings. The lowest BCUT2D eigenvalue weighted by Crippen LogP contribution is -2.28. The summed E-state index contributed by atoms with van der Waals surface area (Å²) < 4.78 is 1.86. The highest BCUT2D eigenvalue weighted by atomic mass is 32.1. The third-order valence-electron chi connectivity index (χ3n) is 4.23. The first-order valence-corrected chi connectivity index (χ1v) is 7.53. The normalized spacial score (nSPS) is 23.3. The fraction of sp³-hybridized carbons (Fsp3) is 0.714. The molecule has 0 amide bonds. The number of thiocarbonyl (C=S) groups is 1. The smallest absolute Gasteiger partial charge is 0.134 e. The van der Waals surface area contributed by atoms with Crippen LogP contribution in [0.1, 0.15) is 50.3 Å². The van der Waals surface area contributed by atoms with Gasteiger partial charge >= 0.3 is 0 Å². The minimum atomic E-state index is 0.426. The molecule has 19 heavy (non-hydrogen) atoms. The standard InChI is InChI=1S/C14H24N4S/c1-4-10-5-7-11(8-6-10)16-14-12(13(15)19)9(2)17-18(14)3/h10-11,16H,4-8H2,1-3H3,(H2,15,19). The molecule has 106 valence electrons. The van der Waals surface area contributed by atoms with E-state index in [-0.39, 0.29) is 0 Å². The van der Waals surface area contributed by atoms with E-state index in [2.05, 4.69) is 17.3 Å². The summed E-state index contributed by atoms with van der Waals surface area (Å²) in [7, 11) is 1.94. The first-order chi connectivity index (χ1) is 9.02. The average Bonchev–Trinajstić information content (AvgIpc) is 2.65. The summed E-state index contributed by atoms with van der Waals surface area (Å²) in [4.78, 5) is 0.426. The van der Waals surface area contributed by atoms with Crippen molar-refractivity contribution in [1.82, 2.24) is 9.78 Å². The molecule has 0 aliphatic heterocycles. The summed E-state index contributed by atoms with van der Waals surface area (Å²) in [5.74, 6) is 1.88. The van der Waals surface area contributed by atoms with E-state index in [1.807, 2.05) is 18.7 Å². The molecule has 1 fully saturated rings. The van der Waals surface area contributed by atoms with Crippen LogP contribution < -0.4 is 11.1 Å². The number of hydrogen-bond acceptors (Lipinski definition) is 3. The van der Waals surface area contributed by atoms with Crippen molar-refractivity contribution in [2.45, 2.75) is 52.0 Å². The van der Waals surface area contributed by atoms with Crippen LogP contribution in [0.3, 0.4) is 0 Å². The summed E-state index contributed by atoms with van der Waals surface area (Å²) in [6.07, 6.45) is 6.37. The fourth-order valence-corrected chi connectivity index (χ4v) is 3.27. The Bertz CT molecular complexity index is 458. The number of hydrogen-bond donors (Lipinski definition) is 2. The zero-order valence-electron chi connectivity index (χ0n) is 12.1. The third kappa shape index (κ3) is 3.08. The van der Waals surface area contributed by atoms with Gasteiger partial charge in [0.05, 0.1) is 11.3 Å². The van der Waals surface area contributed by atoms with Crippen LogP contribution in [0, 0.1) is 12.8 Å². The van der Waals surface area contributed by atoms with Crippen molar-refractivity contribution in [3.63, 3.8) is 0 Å². The number of rotatable bonds is 4. The topological polar surface area (TPSA) is 55.9 Å². The number of nitrogens with zero attached hydrogens (tertiary/aromatic N) is 2. The van der Waals surface area contributed by atoms with Gasteiger partial charge in [0, 0.05) is 13.1 Å². The highest BCUT2D eigenvalue weighted by Crippen LogP contribution is 2.29. The van der Waals surface area contributed by atoms with Crippen LogP contribution >= 0.6 is 12.2 Å². The first-order valence-electron chi connectivity index (χ1n) is 7.12. The van der Waals surface area contributed by atoms with Gasteiger partial charge in [0.15, 0.2) is 0 Å². The quantitative estimate of drug-likeness (QED) is 0.833. The maximum Gasteiger partial charge on any atom is 0.134 e. The maximum absolute atomic E-state index is 5.82. The van der Waals surface area contributed by atoms with Crippen LogP contribution in [0.25, 0.3) is 0 Å². The van der Waals surface area contributed by atoms with Gasteiger partial charge in [-0.3, -0.25) is 4.68 Å². The molecular weight excluding hydrogens is 256 g/mol. The van der Waals surface area contributed by atoms with E-state index in [4.69, 9.17) is 18.0 Å². The molecule has 1 saturated carbocycles. The molecule has 0 saturated heterocycles. The van der Waals surface area contributed by atoms with E-state index in [0.29, 0.717) is 11.0 Å². The molecule has 0 spiro atoms. The monoisotopic (exact) mass is 280 g/mol. The van der Waals surface area contributed by atoms with E-state index in [0.717, 1.165) is 23.0 Å². The molecule has 1 aliphatic carbocycles. The second-order valence-electron chi connectivity index (χ2n) is 5.57. The van der Waals surface area contributed by atoms with Gasteiger partial charge in [0.25, 0.3) is 0 Å². The second kappa shape index (κ2) is 5.90. The van der Waals surface area contributed by atoms with Crippen LogP contribution in [0.2, 0.25) is 0 Å². The van der Waals surface area contributed by atoms with Gasteiger partial charge in [0.2, 0.25) is 0 Å². The molecule has 0 aromatic carbocycles. The molecular formula is C14H24N4S. The SMILES string of the molecule is CCC1CCC(Nc2c(C(N)=S)c(C)nn2C)CC1. The number of anilines is 1. The number of aryl methyl sites for hydroxylation is 2. The van der Waals surface area contributed by atoms with Crippen LogP contribution in [-0.4, -0.2) is 20.8 Å². The maximum atomic E-state index is 5.82. The minimum absolute atomic E-state index is 0.426. The van der Waals surface area contributed by atoms with E-state index >= 15 is 0 Å². The van der Waals surface area contributed by atoms with Crippen LogP contribution in [-0.2, 0) is 7.05 Å². The van der Waals surface area contributed by atoms with E-state index < -0.39 is 0 Å². The largest absolute Gasteiger partial charge is 0.389 e. The highest BCUT2D eigenvalue weighted by molar-refractivity contribution is 7.80. The molecule has 1 aromatic heterocycles. The van der Waals surface area contributed by atoms with Gasteiger partial charge in [-0.1, -0.05) is 25.6 Å². The second-order valence-corrected chi connectivity index (χ2v) is 6.01. The Morgan fingerprint density at radius 3 is 2.58 bits per heavy atom. The number of nitrogens with one attached hydrogen (secondary N) is 1. The van der Waals surface area contributed by atoms with Crippen molar-refractivity contribution in [2.75, 3.05) is 5.32 Å². The van der Waals surface area contributed by atoms with Crippen molar-refractivity contribution in [3.8, 4) is 0 Å². The average molecular weight is 280 g/mol. The molecule has 1 heterocycles. The van der Waals surface area contributed by atoms with E-state index in [9.17, 15) is 0 Å². The Kier molecular flexibility index (Phi) is 4.45. The molecule has 1 aliphatic rings. The zero-order valence-corrected chi connectivity index (χ0v) is 12.9. The molecule has 0 unspecified atom stereocenters. The predicted octanol–water partition coefficient (Wildman–Crippen LogP) is 2.74. The minimum Gasteiger partial charge on any atom is -0.389 e. The molecule has 2 rings (SSSR count). The molecule has 3 N–H and O–H groups in total. The molecule has 4 nitrogen and oxygen atoms in total. The lowest BCUT2D eigenvalue weighted by atomic mass is 9.84. The van der Waals surface area contributed by atoms with Crippen LogP contribution in [0.4, 0.5) is 5.82 Å². The van der Waals surface area contributed by atoms with Crippen molar-refractivity contribution >= 4 is 23.0 Å². The Morgan fingerprint density at radius 2 is 2.05 bits per heavy atom. The van der Waals surface area contributed by atoms with Gasteiger partial charge in [-0.25, -0.2) is 0 Å². The van der Waals surface area contributed by atoms with E-state index in [1.165, 1.54) is 32.1 Å². The Labute approximate surface area is 120 Å². The first kappa shape index (κ1) is 14.3. The number of aromatic nitrogens is 2. The summed E-state index contributed by atoms with van der Waals surface area (Å²) in [5.41, 5.74) is 7.62. The fourth-order valence-electron chi connectivity index (χ4n) is 3.03. The summed E-state index contributed by atoms with van der Waals surface area (Å²) >= 11 is 5.14. The van der Waals surface area contributed by atoms with Gasteiger partial charge in [-0.2, -0.15) is 5.10 Å². The van der Waals surface area contributed by atoms with Crippen LogP contribution in [0.5, 0.6) is 0 Å². The lowest BCUT2D eigenvalue weighted by Gasteiger charge is -2.29. The summed E-state index contributed by atoms with van der Waals surface area (Å²) in [6.45, 7) is 4.24. The van der Waals surface area contributed by atoms with Gasteiger partial charge in [-0.05, 0) is 38.5 Å². The lowest BCUT2D eigenvalue weighted by molar-refractivity contribution is 0.329. The summed E-state index contributed by atoms with van der Waals surface area (Å²) in [5, 5.41) is 8.01. The Hall–Kier alpha value is -1.10. The van der Waals surface area contributed by atoms with Gasteiger partial charge in [-0.15, -0.1) is 0 Å². The van der Waals surface area contributed by atoms with Crippen molar-refractivity contribution in [2.24, 2.45) is 18.7 Å². The predicted molar refractivity (Wildman–Crippen MR) is 83.5 cm³/mol. The van der Waals surface area contributed by atoms with Crippen molar-refractivity contribution < 1.29 is 0 Å². The van der Waals surface area contributed by atoms with Crippen molar-refractivity contribution in [1.29, 1.82) is 0 Å². The molecule has 5 heteroatoms. The van der Waals surface area contributed by atoms with E-state index in [1.54, 1.807) is 0 Å².